The SMILES string of the molecule is COc1ccc(C(N[SH](=O)=O)(C(=O)NC(C)c2ccccc2)c2ccccc2)cc1. The zero-order valence-electron chi connectivity index (χ0n) is 16.7. The molecule has 6 nitrogen and oxygen atoms in total. The fourth-order valence-corrected chi connectivity index (χ4v) is 4.04. The largest absolute Gasteiger partial charge is 0.497 e. The van der Waals surface area contributed by atoms with Gasteiger partial charge in [-0.3, -0.25) is 4.79 Å². The Morgan fingerprint density at radius 3 is 1.93 bits per heavy atom. The smallest absolute Gasteiger partial charge is 0.251 e. The average molecular weight is 425 g/mol. The molecule has 1 amide bonds. The number of methoxy groups -OCH3 is 1. The van der Waals surface area contributed by atoms with Crippen molar-refractivity contribution in [1.29, 1.82) is 0 Å². The molecule has 3 aromatic carbocycles. The number of hydrogen-bond acceptors (Lipinski definition) is 4. The number of amides is 1. The van der Waals surface area contributed by atoms with Crippen LogP contribution in [0.1, 0.15) is 29.7 Å². The van der Waals surface area contributed by atoms with Gasteiger partial charge < -0.3 is 10.1 Å². The van der Waals surface area contributed by atoms with Crippen LogP contribution < -0.4 is 14.8 Å². The van der Waals surface area contributed by atoms with Gasteiger partial charge in [-0.05, 0) is 35.7 Å². The lowest BCUT2D eigenvalue weighted by Crippen LogP contribution is -2.55. The van der Waals surface area contributed by atoms with Gasteiger partial charge in [-0.2, -0.15) is 4.72 Å². The molecule has 3 aromatic rings. The topological polar surface area (TPSA) is 84.5 Å². The molecule has 2 atom stereocenters. The van der Waals surface area contributed by atoms with Crippen LogP contribution in [0.25, 0.3) is 0 Å². The van der Waals surface area contributed by atoms with Crippen LogP contribution in [-0.4, -0.2) is 21.4 Å². The van der Waals surface area contributed by atoms with Crippen molar-refractivity contribution in [2.24, 2.45) is 0 Å². The van der Waals surface area contributed by atoms with Gasteiger partial charge in [0, 0.05) is 0 Å². The Hall–Kier alpha value is -3.16. The fourth-order valence-electron chi connectivity index (χ4n) is 3.40. The van der Waals surface area contributed by atoms with E-state index in [9.17, 15) is 13.2 Å². The minimum atomic E-state index is -3.10. The first-order valence-electron chi connectivity index (χ1n) is 9.45. The van der Waals surface area contributed by atoms with Crippen molar-refractivity contribution >= 4 is 16.8 Å². The molecular weight excluding hydrogens is 400 g/mol. The van der Waals surface area contributed by atoms with E-state index < -0.39 is 22.3 Å². The van der Waals surface area contributed by atoms with Gasteiger partial charge in [0.2, 0.25) is 10.9 Å². The number of carbonyl (C=O) groups excluding carboxylic acids is 1. The van der Waals surface area contributed by atoms with E-state index in [1.807, 2.05) is 43.3 Å². The third-order valence-electron chi connectivity index (χ3n) is 4.98. The summed E-state index contributed by atoms with van der Waals surface area (Å²) in [6.07, 6.45) is 0. The molecule has 0 saturated heterocycles. The Morgan fingerprint density at radius 1 is 0.867 bits per heavy atom. The lowest BCUT2D eigenvalue weighted by molar-refractivity contribution is -0.126. The van der Waals surface area contributed by atoms with E-state index in [0.717, 1.165) is 5.56 Å². The molecule has 0 radical (unpaired) electrons. The number of ether oxygens (including phenoxy) is 1. The molecule has 0 aliphatic carbocycles. The second-order valence-corrected chi connectivity index (χ2v) is 7.56. The zero-order valence-corrected chi connectivity index (χ0v) is 17.6. The van der Waals surface area contributed by atoms with E-state index in [-0.39, 0.29) is 6.04 Å². The quantitative estimate of drug-likeness (QED) is 0.486. The van der Waals surface area contributed by atoms with Gasteiger partial charge in [-0.15, -0.1) is 0 Å². The molecule has 30 heavy (non-hydrogen) atoms. The Balaban J connectivity index is 2.12. The standard InChI is InChI=1S/C23H24N2O4S/c1-17(18-9-5-3-6-10-18)24-22(26)23(25-30(27)28,19-11-7-4-8-12-19)20-13-15-21(29-2)16-14-20/h3-17,30H,1-2H3,(H,24,26)(H,25,27,28). The Bertz CT molecular complexity index is 1050. The van der Waals surface area contributed by atoms with E-state index in [1.165, 1.54) is 0 Å². The molecule has 0 aliphatic rings. The van der Waals surface area contributed by atoms with E-state index in [4.69, 9.17) is 4.74 Å². The number of benzene rings is 3. The monoisotopic (exact) mass is 424 g/mol. The first-order chi connectivity index (χ1) is 14.5. The highest BCUT2D eigenvalue weighted by Gasteiger charge is 2.43. The van der Waals surface area contributed by atoms with Crippen LogP contribution in [0, 0.1) is 0 Å². The van der Waals surface area contributed by atoms with E-state index in [1.54, 1.807) is 55.6 Å². The summed E-state index contributed by atoms with van der Waals surface area (Å²) >= 11 is 0. The molecule has 0 bridgehead atoms. The minimum Gasteiger partial charge on any atom is -0.497 e. The van der Waals surface area contributed by atoms with Crippen molar-refractivity contribution in [3.63, 3.8) is 0 Å². The van der Waals surface area contributed by atoms with Crippen molar-refractivity contribution in [2.75, 3.05) is 7.11 Å². The van der Waals surface area contributed by atoms with Gasteiger partial charge in [-0.1, -0.05) is 72.8 Å². The summed E-state index contributed by atoms with van der Waals surface area (Å²) in [5, 5.41) is 2.97. The maximum absolute atomic E-state index is 13.7. The highest BCUT2D eigenvalue weighted by molar-refractivity contribution is 7.70. The number of thiol groups is 1. The molecule has 2 unspecified atom stereocenters. The van der Waals surface area contributed by atoms with E-state index in [0.29, 0.717) is 16.9 Å². The predicted molar refractivity (Wildman–Crippen MR) is 117 cm³/mol. The lowest BCUT2D eigenvalue weighted by atomic mass is 9.82. The van der Waals surface area contributed by atoms with Crippen molar-refractivity contribution in [3.05, 3.63) is 102 Å². The van der Waals surface area contributed by atoms with Gasteiger partial charge in [0.15, 0.2) is 5.54 Å². The van der Waals surface area contributed by atoms with Crippen LogP contribution in [0.5, 0.6) is 5.75 Å². The van der Waals surface area contributed by atoms with Crippen LogP contribution in [0.4, 0.5) is 0 Å². The fraction of sp³-hybridized carbons (Fsp3) is 0.174. The average Bonchev–Trinajstić information content (AvgIpc) is 2.78. The summed E-state index contributed by atoms with van der Waals surface area (Å²) in [5.41, 5.74) is 0.263. The van der Waals surface area contributed by atoms with Gasteiger partial charge >= 0.3 is 0 Å². The molecule has 0 aromatic heterocycles. The second kappa shape index (κ2) is 9.56. The lowest BCUT2D eigenvalue weighted by Gasteiger charge is -2.33. The van der Waals surface area contributed by atoms with Crippen molar-refractivity contribution in [3.8, 4) is 5.75 Å². The normalized spacial score (nSPS) is 14.0. The maximum atomic E-state index is 13.7. The zero-order chi connectivity index (χ0) is 21.6. The van der Waals surface area contributed by atoms with Gasteiger partial charge in [0.1, 0.15) is 5.75 Å². The second-order valence-electron chi connectivity index (χ2n) is 6.82. The number of rotatable bonds is 8. The summed E-state index contributed by atoms with van der Waals surface area (Å²) in [7, 11) is -1.56. The highest BCUT2D eigenvalue weighted by atomic mass is 32.2. The number of nitrogens with one attached hydrogen (secondary N) is 2. The Kier molecular flexibility index (Phi) is 6.87. The molecule has 2 N–H and O–H groups in total. The minimum absolute atomic E-state index is 0.327. The highest BCUT2D eigenvalue weighted by Crippen LogP contribution is 2.32. The Morgan fingerprint density at radius 2 is 1.40 bits per heavy atom. The first kappa shape index (κ1) is 21.5. The summed E-state index contributed by atoms with van der Waals surface area (Å²) in [5.74, 6) is 0.125. The van der Waals surface area contributed by atoms with Crippen molar-refractivity contribution < 1.29 is 17.9 Å². The molecule has 7 heteroatoms. The summed E-state index contributed by atoms with van der Waals surface area (Å²) in [6.45, 7) is 1.86. The molecule has 0 fully saturated rings. The molecule has 156 valence electrons. The van der Waals surface area contributed by atoms with Crippen LogP contribution >= 0.6 is 0 Å². The molecule has 0 heterocycles. The Labute approximate surface area is 178 Å². The van der Waals surface area contributed by atoms with Gasteiger partial charge in [0.25, 0.3) is 5.91 Å². The van der Waals surface area contributed by atoms with Crippen LogP contribution in [-0.2, 0) is 21.2 Å². The van der Waals surface area contributed by atoms with Gasteiger partial charge in [0.05, 0.1) is 13.2 Å². The molecule has 0 aliphatic heterocycles. The predicted octanol–water partition coefficient (Wildman–Crippen LogP) is 2.93. The summed E-state index contributed by atoms with van der Waals surface area (Å²) < 4.78 is 31.5. The molecular formula is C23H24N2O4S. The number of hydrogen-bond donors (Lipinski definition) is 3. The van der Waals surface area contributed by atoms with Crippen molar-refractivity contribution in [2.45, 2.75) is 18.5 Å². The van der Waals surface area contributed by atoms with E-state index >= 15 is 0 Å². The van der Waals surface area contributed by atoms with Crippen molar-refractivity contribution in [1.82, 2.24) is 10.0 Å². The third-order valence-corrected chi connectivity index (χ3v) is 5.49. The van der Waals surface area contributed by atoms with E-state index in [2.05, 4.69) is 10.0 Å². The number of carbonyl (C=O) groups is 1. The summed E-state index contributed by atoms with van der Waals surface area (Å²) in [4.78, 5) is 13.7. The van der Waals surface area contributed by atoms with Crippen LogP contribution in [0.15, 0.2) is 84.9 Å². The molecule has 3 rings (SSSR count). The molecule has 0 spiro atoms. The first-order valence-corrected chi connectivity index (χ1v) is 10.6. The maximum Gasteiger partial charge on any atom is 0.251 e. The third kappa shape index (κ3) is 4.53. The van der Waals surface area contributed by atoms with Crippen LogP contribution in [0.3, 0.4) is 0 Å². The van der Waals surface area contributed by atoms with Crippen LogP contribution in [0.2, 0.25) is 0 Å². The van der Waals surface area contributed by atoms with Gasteiger partial charge in [-0.25, -0.2) is 8.42 Å². The molecule has 0 saturated carbocycles. The summed E-state index contributed by atoms with van der Waals surface area (Å²) in [6, 6.07) is 24.7.